The average Bonchev–Trinajstić information content (AvgIpc) is 3.04. The summed E-state index contributed by atoms with van der Waals surface area (Å²) in [6, 6.07) is 7.55. The lowest BCUT2D eigenvalue weighted by atomic mass is 10.00. The number of fused-ring (bicyclic) bond motifs is 2. The van der Waals surface area contributed by atoms with E-state index in [1.807, 2.05) is 23.2 Å². The third-order valence-electron chi connectivity index (χ3n) is 4.57. The first kappa shape index (κ1) is 10.5. The standard InChI is InChI=1S/C14H17N3O/c15-12-11-4-2-1-3-10(11)7-16-8-14(5-6-14)9-17(16)13(12)18/h1-4,12H,5-9,15H2/t12-/m0/s1. The van der Waals surface area contributed by atoms with E-state index in [1.165, 1.54) is 18.4 Å². The van der Waals surface area contributed by atoms with Crippen LogP contribution in [0, 0.1) is 5.41 Å². The lowest BCUT2D eigenvalue weighted by molar-refractivity contribution is -0.145. The van der Waals surface area contributed by atoms with E-state index in [2.05, 4.69) is 11.1 Å². The summed E-state index contributed by atoms with van der Waals surface area (Å²) in [4.78, 5) is 12.5. The Morgan fingerprint density at radius 1 is 1.22 bits per heavy atom. The zero-order valence-corrected chi connectivity index (χ0v) is 10.3. The highest BCUT2D eigenvalue weighted by molar-refractivity contribution is 5.84. The van der Waals surface area contributed by atoms with Crippen LogP contribution in [0.1, 0.15) is 30.0 Å². The molecule has 1 saturated carbocycles. The summed E-state index contributed by atoms with van der Waals surface area (Å²) >= 11 is 0. The molecule has 4 nitrogen and oxygen atoms in total. The molecule has 2 heterocycles. The van der Waals surface area contributed by atoms with Crippen LogP contribution in [0.4, 0.5) is 0 Å². The highest BCUT2D eigenvalue weighted by Crippen LogP contribution is 2.51. The third kappa shape index (κ3) is 1.36. The van der Waals surface area contributed by atoms with Crippen molar-refractivity contribution in [3.8, 4) is 0 Å². The van der Waals surface area contributed by atoms with Crippen molar-refractivity contribution >= 4 is 5.91 Å². The van der Waals surface area contributed by atoms with Gasteiger partial charge in [0, 0.05) is 25.0 Å². The molecule has 18 heavy (non-hydrogen) atoms. The minimum absolute atomic E-state index is 0.0590. The highest BCUT2D eigenvalue weighted by Gasteiger charge is 2.54. The first-order valence-corrected chi connectivity index (χ1v) is 6.58. The number of nitrogens with two attached hydrogens (primary N) is 1. The lowest BCUT2D eigenvalue weighted by Crippen LogP contribution is -2.42. The van der Waals surface area contributed by atoms with Gasteiger partial charge in [-0.05, 0) is 24.0 Å². The van der Waals surface area contributed by atoms with Gasteiger partial charge in [0.25, 0.3) is 5.91 Å². The molecule has 0 radical (unpaired) electrons. The van der Waals surface area contributed by atoms with Gasteiger partial charge in [0.15, 0.2) is 0 Å². The average molecular weight is 243 g/mol. The van der Waals surface area contributed by atoms with Crippen LogP contribution < -0.4 is 5.73 Å². The highest BCUT2D eigenvalue weighted by atomic mass is 16.2. The molecule has 1 atom stereocenters. The van der Waals surface area contributed by atoms with Crippen molar-refractivity contribution in [3.05, 3.63) is 35.4 Å². The lowest BCUT2D eigenvalue weighted by Gasteiger charge is -2.26. The second-order valence-corrected chi connectivity index (χ2v) is 5.90. The van der Waals surface area contributed by atoms with Crippen LogP contribution in [0.5, 0.6) is 0 Å². The molecule has 1 spiro atoms. The van der Waals surface area contributed by atoms with Crippen molar-refractivity contribution in [1.82, 2.24) is 10.0 Å². The molecule has 2 fully saturated rings. The summed E-state index contributed by atoms with van der Waals surface area (Å²) in [5.74, 6) is 0.0590. The summed E-state index contributed by atoms with van der Waals surface area (Å²) in [5.41, 5.74) is 8.71. The van der Waals surface area contributed by atoms with Crippen molar-refractivity contribution in [1.29, 1.82) is 0 Å². The summed E-state index contributed by atoms with van der Waals surface area (Å²) in [6.45, 7) is 2.70. The minimum Gasteiger partial charge on any atom is -0.316 e. The van der Waals surface area contributed by atoms with Crippen molar-refractivity contribution in [2.24, 2.45) is 11.1 Å². The maximum absolute atomic E-state index is 12.5. The predicted octanol–water partition coefficient (Wildman–Crippen LogP) is 1.04. The fourth-order valence-corrected chi connectivity index (χ4v) is 3.26. The quantitative estimate of drug-likeness (QED) is 0.740. The van der Waals surface area contributed by atoms with Crippen LogP contribution in [0.15, 0.2) is 24.3 Å². The molecule has 0 bridgehead atoms. The Morgan fingerprint density at radius 2 is 2.00 bits per heavy atom. The fraction of sp³-hybridized carbons (Fsp3) is 0.500. The van der Waals surface area contributed by atoms with E-state index in [-0.39, 0.29) is 5.91 Å². The van der Waals surface area contributed by atoms with E-state index in [9.17, 15) is 4.79 Å². The number of hydrogen-bond donors (Lipinski definition) is 1. The normalized spacial score (nSPS) is 29.1. The molecular weight excluding hydrogens is 226 g/mol. The zero-order chi connectivity index (χ0) is 12.3. The van der Waals surface area contributed by atoms with Gasteiger partial charge in [0.2, 0.25) is 0 Å². The minimum atomic E-state index is -0.500. The van der Waals surface area contributed by atoms with E-state index in [0.717, 1.165) is 25.2 Å². The molecule has 4 rings (SSSR count). The molecule has 94 valence electrons. The van der Waals surface area contributed by atoms with Gasteiger partial charge in [-0.25, -0.2) is 5.01 Å². The van der Waals surface area contributed by atoms with Crippen LogP contribution in [0.25, 0.3) is 0 Å². The van der Waals surface area contributed by atoms with E-state index in [4.69, 9.17) is 5.73 Å². The van der Waals surface area contributed by atoms with Crippen LogP contribution >= 0.6 is 0 Å². The topological polar surface area (TPSA) is 49.6 Å². The Balaban J connectivity index is 1.77. The molecule has 3 aliphatic rings. The molecular formula is C14H17N3O. The Hall–Kier alpha value is -1.39. The summed E-state index contributed by atoms with van der Waals surface area (Å²) < 4.78 is 0. The van der Waals surface area contributed by atoms with E-state index < -0.39 is 6.04 Å². The fourth-order valence-electron chi connectivity index (χ4n) is 3.26. The number of carbonyl (C=O) groups excluding carboxylic acids is 1. The number of carbonyl (C=O) groups is 1. The van der Waals surface area contributed by atoms with Gasteiger partial charge in [-0.2, -0.15) is 0 Å². The number of rotatable bonds is 0. The van der Waals surface area contributed by atoms with Gasteiger partial charge in [-0.3, -0.25) is 9.80 Å². The van der Waals surface area contributed by atoms with Gasteiger partial charge in [0.1, 0.15) is 6.04 Å². The monoisotopic (exact) mass is 243 g/mol. The molecule has 0 unspecified atom stereocenters. The molecule has 0 aromatic heterocycles. The molecule has 1 amide bonds. The second-order valence-electron chi connectivity index (χ2n) is 5.90. The van der Waals surface area contributed by atoms with E-state index in [0.29, 0.717) is 5.41 Å². The Labute approximate surface area is 106 Å². The van der Waals surface area contributed by atoms with Crippen molar-refractivity contribution in [3.63, 3.8) is 0 Å². The maximum Gasteiger partial charge on any atom is 0.258 e. The van der Waals surface area contributed by atoms with Gasteiger partial charge in [0.05, 0.1) is 0 Å². The smallest absolute Gasteiger partial charge is 0.258 e. The number of hydrogen-bond acceptors (Lipinski definition) is 3. The number of hydrazine groups is 1. The Bertz CT molecular complexity index is 524. The van der Waals surface area contributed by atoms with Crippen LogP contribution in [0.3, 0.4) is 0 Å². The summed E-state index contributed by atoms with van der Waals surface area (Å²) in [6.07, 6.45) is 2.51. The van der Waals surface area contributed by atoms with Gasteiger partial charge < -0.3 is 5.73 Å². The maximum atomic E-state index is 12.5. The zero-order valence-electron chi connectivity index (χ0n) is 10.3. The third-order valence-corrected chi connectivity index (χ3v) is 4.57. The molecule has 1 aromatic rings. The van der Waals surface area contributed by atoms with Crippen molar-refractivity contribution in [2.45, 2.75) is 25.4 Å². The van der Waals surface area contributed by atoms with E-state index in [1.54, 1.807) is 0 Å². The van der Waals surface area contributed by atoms with Crippen LogP contribution in [0.2, 0.25) is 0 Å². The molecule has 1 aromatic carbocycles. The number of nitrogens with zero attached hydrogens (tertiary/aromatic N) is 2. The molecule has 4 heteroatoms. The summed E-state index contributed by atoms with van der Waals surface area (Å²) in [5, 5.41) is 4.10. The largest absolute Gasteiger partial charge is 0.316 e. The van der Waals surface area contributed by atoms with Crippen molar-refractivity contribution < 1.29 is 4.79 Å². The van der Waals surface area contributed by atoms with Crippen molar-refractivity contribution in [2.75, 3.05) is 13.1 Å². The SMILES string of the molecule is N[C@@H]1C(=O)N2CC3(CC3)CN2Cc2ccccc21. The van der Waals surface area contributed by atoms with E-state index >= 15 is 0 Å². The number of benzene rings is 1. The first-order valence-electron chi connectivity index (χ1n) is 6.58. The predicted molar refractivity (Wildman–Crippen MR) is 67.2 cm³/mol. The first-order chi connectivity index (χ1) is 8.69. The molecule has 2 N–H and O–H groups in total. The molecule has 1 saturated heterocycles. The second kappa shape index (κ2) is 3.33. The van der Waals surface area contributed by atoms with Crippen LogP contribution in [-0.2, 0) is 11.3 Å². The molecule has 1 aliphatic carbocycles. The Kier molecular flexibility index (Phi) is 1.95. The number of amides is 1. The Morgan fingerprint density at radius 3 is 2.78 bits per heavy atom. The van der Waals surface area contributed by atoms with Crippen LogP contribution in [-0.4, -0.2) is 29.0 Å². The summed E-state index contributed by atoms with van der Waals surface area (Å²) in [7, 11) is 0. The van der Waals surface area contributed by atoms with Gasteiger partial charge in [-0.1, -0.05) is 24.3 Å². The van der Waals surface area contributed by atoms with Gasteiger partial charge >= 0.3 is 0 Å². The van der Waals surface area contributed by atoms with Gasteiger partial charge in [-0.15, -0.1) is 0 Å². The molecule has 2 aliphatic heterocycles.